The van der Waals surface area contributed by atoms with Crippen LogP contribution < -0.4 is 4.90 Å². The number of carbonyl (C=O) groups excluding carboxylic acids is 1. The van der Waals surface area contributed by atoms with E-state index in [4.69, 9.17) is 0 Å². The molecule has 2 nitrogen and oxygen atoms in total. The number of nitrogens with one attached hydrogen (secondary N) is 1. The molecule has 96 valence electrons. The first-order valence-corrected chi connectivity index (χ1v) is 6.87. The number of Topliss-reactive ketones (excluding diaryl/α,β-unsaturated/α-hetero) is 1. The Hall–Kier alpha value is -1.41. The first kappa shape index (κ1) is 13.0. The highest BCUT2D eigenvalue weighted by Crippen LogP contribution is 2.06. The summed E-state index contributed by atoms with van der Waals surface area (Å²) in [4.78, 5) is 14.0. The van der Waals surface area contributed by atoms with Crippen molar-refractivity contribution in [3.63, 3.8) is 0 Å². The zero-order valence-corrected chi connectivity index (χ0v) is 10.9. The van der Waals surface area contributed by atoms with Gasteiger partial charge in [0.1, 0.15) is 0 Å². The van der Waals surface area contributed by atoms with E-state index in [0.29, 0.717) is 0 Å². The molecule has 2 rings (SSSR count). The van der Waals surface area contributed by atoms with Crippen LogP contribution in [0.15, 0.2) is 43.0 Å². The minimum absolute atomic E-state index is 0.0604. The molecule has 1 heterocycles. The predicted octanol–water partition coefficient (Wildman–Crippen LogP) is 1.88. The van der Waals surface area contributed by atoms with Crippen LogP contribution in [0.5, 0.6) is 0 Å². The van der Waals surface area contributed by atoms with Gasteiger partial charge in [-0.05, 0) is 19.3 Å². The molecule has 1 aromatic rings. The molecule has 0 spiro atoms. The monoisotopic (exact) mass is 244 g/mol. The van der Waals surface area contributed by atoms with E-state index in [-0.39, 0.29) is 11.8 Å². The van der Waals surface area contributed by atoms with Gasteiger partial charge < -0.3 is 4.90 Å². The molecule has 0 saturated carbocycles. The molecule has 1 saturated heterocycles. The molecule has 2 heteroatoms. The number of hydrogen-bond donors (Lipinski definition) is 1. The van der Waals surface area contributed by atoms with Crippen molar-refractivity contribution in [2.45, 2.75) is 31.7 Å². The maximum Gasteiger partial charge on any atom is 0.220 e. The van der Waals surface area contributed by atoms with Crippen molar-refractivity contribution in [2.75, 3.05) is 13.1 Å². The topological polar surface area (TPSA) is 21.5 Å². The molecule has 1 aliphatic rings. The second kappa shape index (κ2) is 6.50. The summed E-state index contributed by atoms with van der Waals surface area (Å²) in [6.45, 7) is 6.05. The highest BCUT2D eigenvalue weighted by atomic mass is 16.1. The van der Waals surface area contributed by atoms with Gasteiger partial charge in [0, 0.05) is 12.0 Å². The minimum Gasteiger partial charge on any atom is -0.326 e. The van der Waals surface area contributed by atoms with Crippen LogP contribution in [0, 0.1) is 0 Å². The molecule has 18 heavy (non-hydrogen) atoms. The lowest BCUT2D eigenvalue weighted by Crippen LogP contribution is -3.17. The third-order valence-corrected chi connectivity index (χ3v) is 3.77. The second-order valence-corrected chi connectivity index (χ2v) is 5.03. The molecular weight excluding hydrogens is 222 g/mol. The summed E-state index contributed by atoms with van der Waals surface area (Å²) in [7, 11) is 0. The maximum absolute atomic E-state index is 12.6. The van der Waals surface area contributed by atoms with E-state index in [2.05, 4.69) is 6.58 Å². The van der Waals surface area contributed by atoms with Crippen molar-refractivity contribution in [2.24, 2.45) is 0 Å². The third kappa shape index (κ3) is 3.08. The summed E-state index contributed by atoms with van der Waals surface area (Å²) < 4.78 is 0. The average molecular weight is 244 g/mol. The SMILES string of the molecule is C=CC[C@@H](C(=O)c1ccccc1)[NH+]1CCCCC1. The lowest BCUT2D eigenvalue weighted by atomic mass is 9.98. The molecular formula is C16H22NO+. The van der Waals surface area contributed by atoms with Crippen molar-refractivity contribution in [1.29, 1.82) is 0 Å². The lowest BCUT2D eigenvalue weighted by molar-refractivity contribution is -0.919. The Balaban J connectivity index is 2.13. The first-order chi connectivity index (χ1) is 8.83. The Morgan fingerprint density at radius 3 is 2.50 bits per heavy atom. The Morgan fingerprint density at radius 1 is 1.22 bits per heavy atom. The van der Waals surface area contributed by atoms with Crippen LogP contribution in [-0.2, 0) is 0 Å². The van der Waals surface area contributed by atoms with Crippen LogP contribution in [0.25, 0.3) is 0 Å². The van der Waals surface area contributed by atoms with Crippen LogP contribution in [0.1, 0.15) is 36.0 Å². The van der Waals surface area contributed by atoms with E-state index in [1.54, 1.807) is 0 Å². The number of quaternary nitrogens is 1. The smallest absolute Gasteiger partial charge is 0.220 e. The van der Waals surface area contributed by atoms with Crippen LogP contribution in [0.4, 0.5) is 0 Å². The number of piperidine rings is 1. The van der Waals surface area contributed by atoms with Crippen molar-refractivity contribution in [1.82, 2.24) is 0 Å². The van der Waals surface area contributed by atoms with Crippen LogP contribution in [-0.4, -0.2) is 24.9 Å². The quantitative estimate of drug-likeness (QED) is 0.620. The van der Waals surface area contributed by atoms with Crippen molar-refractivity contribution in [3.05, 3.63) is 48.6 Å². The summed E-state index contributed by atoms with van der Waals surface area (Å²) in [5.41, 5.74) is 0.836. The highest BCUT2D eigenvalue weighted by Gasteiger charge is 2.30. The van der Waals surface area contributed by atoms with E-state index in [9.17, 15) is 4.79 Å². The van der Waals surface area contributed by atoms with Crippen LogP contribution >= 0.6 is 0 Å². The Kier molecular flexibility index (Phi) is 4.71. The number of likely N-dealkylation sites (tertiary alicyclic amines) is 1. The number of benzene rings is 1. The molecule has 1 aliphatic heterocycles. The molecule has 0 radical (unpaired) electrons. The van der Waals surface area contributed by atoms with Crippen molar-refractivity contribution >= 4 is 5.78 Å². The third-order valence-electron chi connectivity index (χ3n) is 3.77. The summed E-state index contributed by atoms with van der Waals surface area (Å²) in [5, 5.41) is 0. The molecule has 0 amide bonds. The van der Waals surface area contributed by atoms with E-state index in [1.807, 2.05) is 36.4 Å². The van der Waals surface area contributed by atoms with Gasteiger partial charge in [-0.15, -0.1) is 6.58 Å². The normalized spacial score (nSPS) is 18.2. The van der Waals surface area contributed by atoms with Gasteiger partial charge in [0.2, 0.25) is 5.78 Å². The van der Waals surface area contributed by atoms with E-state index in [0.717, 1.165) is 25.1 Å². The standard InChI is InChI=1S/C16H21NO/c1-2-9-15(17-12-7-4-8-13-17)16(18)14-10-5-3-6-11-14/h2-3,5-6,10-11,15H,1,4,7-9,12-13H2/p+1/t15-/m0/s1. The van der Waals surface area contributed by atoms with Gasteiger partial charge in [-0.2, -0.15) is 0 Å². The van der Waals surface area contributed by atoms with Crippen molar-refractivity contribution < 1.29 is 9.69 Å². The molecule has 1 atom stereocenters. The molecule has 0 bridgehead atoms. The summed E-state index contributed by atoms with van der Waals surface area (Å²) in [6.07, 6.45) is 6.45. The fourth-order valence-corrected chi connectivity index (χ4v) is 2.78. The van der Waals surface area contributed by atoms with Gasteiger partial charge in [0.25, 0.3) is 0 Å². The molecule has 1 N–H and O–H groups in total. The summed E-state index contributed by atoms with van der Waals surface area (Å²) in [6, 6.07) is 9.72. The number of rotatable bonds is 5. The van der Waals surface area contributed by atoms with Gasteiger partial charge in [0.05, 0.1) is 13.1 Å². The van der Waals surface area contributed by atoms with E-state index in [1.165, 1.54) is 24.2 Å². The van der Waals surface area contributed by atoms with Crippen molar-refractivity contribution in [3.8, 4) is 0 Å². The van der Waals surface area contributed by atoms with Gasteiger partial charge in [-0.1, -0.05) is 36.4 Å². The maximum atomic E-state index is 12.6. The fourth-order valence-electron chi connectivity index (χ4n) is 2.78. The zero-order chi connectivity index (χ0) is 12.8. The second-order valence-electron chi connectivity index (χ2n) is 5.03. The molecule has 0 aromatic heterocycles. The minimum atomic E-state index is 0.0604. The lowest BCUT2D eigenvalue weighted by Gasteiger charge is -2.30. The van der Waals surface area contributed by atoms with E-state index >= 15 is 0 Å². The Bertz CT molecular complexity index is 393. The van der Waals surface area contributed by atoms with E-state index < -0.39 is 0 Å². The van der Waals surface area contributed by atoms with Gasteiger partial charge in [-0.3, -0.25) is 4.79 Å². The number of carbonyl (C=O) groups is 1. The fraction of sp³-hybridized carbons (Fsp3) is 0.438. The summed E-state index contributed by atoms with van der Waals surface area (Å²) >= 11 is 0. The van der Waals surface area contributed by atoms with Crippen LogP contribution in [0.2, 0.25) is 0 Å². The average Bonchev–Trinajstić information content (AvgIpc) is 2.46. The molecule has 0 aliphatic carbocycles. The van der Waals surface area contributed by atoms with Gasteiger partial charge in [-0.25, -0.2) is 0 Å². The van der Waals surface area contributed by atoms with Gasteiger partial charge >= 0.3 is 0 Å². The number of hydrogen-bond acceptors (Lipinski definition) is 1. The van der Waals surface area contributed by atoms with Gasteiger partial charge in [0.15, 0.2) is 6.04 Å². The molecule has 0 unspecified atom stereocenters. The molecule has 1 fully saturated rings. The van der Waals surface area contributed by atoms with Crippen LogP contribution in [0.3, 0.4) is 0 Å². The number of ketones is 1. The Morgan fingerprint density at radius 2 is 1.89 bits per heavy atom. The highest BCUT2D eigenvalue weighted by molar-refractivity contribution is 5.99. The zero-order valence-electron chi connectivity index (χ0n) is 10.9. The first-order valence-electron chi connectivity index (χ1n) is 6.87. The Labute approximate surface area is 109 Å². The largest absolute Gasteiger partial charge is 0.326 e. The predicted molar refractivity (Wildman–Crippen MR) is 73.9 cm³/mol. The molecule has 1 aromatic carbocycles. The summed E-state index contributed by atoms with van der Waals surface area (Å²) in [5.74, 6) is 0.271.